The van der Waals surface area contributed by atoms with Gasteiger partial charge >= 0.3 is 0 Å². The predicted octanol–water partition coefficient (Wildman–Crippen LogP) is 2.56. The second-order valence-corrected chi connectivity index (χ2v) is 8.66. The Morgan fingerprint density at radius 2 is 1.94 bits per heavy atom. The first kappa shape index (κ1) is 21.5. The number of carbonyl (C=O) groups is 2. The summed E-state index contributed by atoms with van der Waals surface area (Å²) < 4.78 is 5.54. The van der Waals surface area contributed by atoms with E-state index in [4.69, 9.17) is 4.52 Å². The van der Waals surface area contributed by atoms with Crippen LogP contribution in [0.2, 0.25) is 0 Å². The number of hydrogen-bond donors (Lipinski definition) is 1. The minimum absolute atomic E-state index is 0.0213. The summed E-state index contributed by atoms with van der Waals surface area (Å²) in [5, 5.41) is 6.88. The van der Waals surface area contributed by atoms with E-state index >= 15 is 0 Å². The zero-order valence-corrected chi connectivity index (χ0v) is 18.3. The SMILES string of the molecule is CC(=O)N[C@H](C)C(=O)N1CCN(Cc2cccc(-c3noc(C4CCCC4)n3)c2)CC1. The largest absolute Gasteiger partial charge is 0.345 e. The van der Waals surface area contributed by atoms with Crippen LogP contribution in [-0.4, -0.2) is 64.0 Å². The number of amides is 2. The highest BCUT2D eigenvalue weighted by Gasteiger charge is 2.26. The Bertz CT molecular complexity index is 913. The molecule has 1 saturated heterocycles. The van der Waals surface area contributed by atoms with Crippen molar-refractivity contribution in [2.24, 2.45) is 0 Å². The van der Waals surface area contributed by atoms with Gasteiger partial charge in [-0.1, -0.05) is 36.2 Å². The molecule has 1 aromatic carbocycles. The standard InChI is InChI=1S/C23H31N5O3/c1-16(24-17(2)29)23(30)28-12-10-27(11-13-28)15-18-6-5-9-20(14-18)21-25-22(31-26-21)19-7-3-4-8-19/h5-6,9,14,16,19H,3-4,7-8,10-13,15H2,1-2H3,(H,24,29)/t16-/m1/s1. The fourth-order valence-corrected chi connectivity index (χ4v) is 4.52. The molecule has 31 heavy (non-hydrogen) atoms. The maximum absolute atomic E-state index is 12.5. The molecule has 2 aromatic rings. The lowest BCUT2D eigenvalue weighted by Gasteiger charge is -2.36. The minimum Gasteiger partial charge on any atom is -0.345 e. The molecule has 1 atom stereocenters. The second-order valence-electron chi connectivity index (χ2n) is 8.66. The van der Waals surface area contributed by atoms with Crippen molar-refractivity contribution in [3.63, 3.8) is 0 Å². The summed E-state index contributed by atoms with van der Waals surface area (Å²) in [5.74, 6) is 1.64. The van der Waals surface area contributed by atoms with E-state index in [9.17, 15) is 9.59 Å². The van der Waals surface area contributed by atoms with Crippen LogP contribution in [0.4, 0.5) is 0 Å². The lowest BCUT2D eigenvalue weighted by Crippen LogP contribution is -2.53. The number of rotatable bonds is 6. The first-order valence-electron chi connectivity index (χ1n) is 11.2. The molecular weight excluding hydrogens is 394 g/mol. The molecule has 0 unspecified atom stereocenters. The summed E-state index contributed by atoms with van der Waals surface area (Å²) in [4.78, 5) is 32.5. The number of benzene rings is 1. The monoisotopic (exact) mass is 425 g/mol. The van der Waals surface area contributed by atoms with E-state index in [-0.39, 0.29) is 11.8 Å². The summed E-state index contributed by atoms with van der Waals surface area (Å²) in [7, 11) is 0. The van der Waals surface area contributed by atoms with Gasteiger partial charge in [0.25, 0.3) is 0 Å². The Morgan fingerprint density at radius 1 is 1.19 bits per heavy atom. The molecule has 0 bridgehead atoms. The van der Waals surface area contributed by atoms with Crippen molar-refractivity contribution in [3.8, 4) is 11.4 Å². The maximum atomic E-state index is 12.5. The van der Waals surface area contributed by atoms with Gasteiger partial charge in [0.1, 0.15) is 6.04 Å². The van der Waals surface area contributed by atoms with Crippen molar-refractivity contribution >= 4 is 11.8 Å². The summed E-state index contributed by atoms with van der Waals surface area (Å²) in [5.41, 5.74) is 2.17. The van der Waals surface area contributed by atoms with Crippen molar-refractivity contribution < 1.29 is 14.1 Å². The Labute approximate surface area is 183 Å². The molecule has 0 radical (unpaired) electrons. The quantitative estimate of drug-likeness (QED) is 0.765. The van der Waals surface area contributed by atoms with Crippen molar-refractivity contribution in [3.05, 3.63) is 35.7 Å². The molecule has 0 spiro atoms. The molecule has 1 saturated carbocycles. The molecule has 1 aromatic heterocycles. The van der Waals surface area contributed by atoms with Crippen LogP contribution in [0.1, 0.15) is 56.9 Å². The van der Waals surface area contributed by atoms with Crippen molar-refractivity contribution in [2.45, 2.75) is 58.0 Å². The molecule has 4 rings (SSSR count). The Balaban J connectivity index is 1.33. The highest BCUT2D eigenvalue weighted by Crippen LogP contribution is 2.34. The third kappa shape index (κ3) is 5.31. The summed E-state index contributed by atoms with van der Waals surface area (Å²) >= 11 is 0. The summed E-state index contributed by atoms with van der Waals surface area (Å²) in [6.07, 6.45) is 4.76. The van der Waals surface area contributed by atoms with E-state index in [2.05, 4.69) is 32.5 Å². The molecule has 1 N–H and O–H groups in total. The van der Waals surface area contributed by atoms with Crippen LogP contribution in [0.25, 0.3) is 11.4 Å². The average Bonchev–Trinajstić information content (AvgIpc) is 3.45. The van der Waals surface area contributed by atoms with Gasteiger partial charge in [-0.25, -0.2) is 0 Å². The first-order chi connectivity index (χ1) is 15.0. The molecule has 1 aliphatic heterocycles. The maximum Gasteiger partial charge on any atom is 0.244 e. The van der Waals surface area contributed by atoms with Gasteiger partial charge in [0, 0.05) is 51.1 Å². The number of nitrogens with zero attached hydrogens (tertiary/aromatic N) is 4. The second kappa shape index (κ2) is 9.60. The van der Waals surface area contributed by atoms with Crippen LogP contribution in [0.5, 0.6) is 0 Å². The molecule has 2 heterocycles. The fourth-order valence-electron chi connectivity index (χ4n) is 4.52. The van der Waals surface area contributed by atoms with E-state index in [0.717, 1.165) is 43.9 Å². The molecule has 2 aliphatic rings. The summed E-state index contributed by atoms with van der Waals surface area (Å²) in [6, 6.07) is 7.81. The van der Waals surface area contributed by atoms with Gasteiger partial charge in [-0.3, -0.25) is 14.5 Å². The van der Waals surface area contributed by atoms with E-state index in [0.29, 0.717) is 24.8 Å². The van der Waals surface area contributed by atoms with Gasteiger partial charge in [-0.2, -0.15) is 4.98 Å². The number of carbonyl (C=O) groups excluding carboxylic acids is 2. The third-order valence-electron chi connectivity index (χ3n) is 6.21. The van der Waals surface area contributed by atoms with Gasteiger partial charge in [-0.05, 0) is 31.4 Å². The minimum atomic E-state index is -0.482. The van der Waals surface area contributed by atoms with Crippen LogP contribution in [0, 0.1) is 0 Å². The van der Waals surface area contributed by atoms with Crippen LogP contribution >= 0.6 is 0 Å². The van der Waals surface area contributed by atoms with Crippen molar-refractivity contribution in [1.29, 1.82) is 0 Å². The van der Waals surface area contributed by atoms with Gasteiger partial charge in [0.05, 0.1) is 0 Å². The van der Waals surface area contributed by atoms with Crippen LogP contribution in [0.3, 0.4) is 0 Å². The van der Waals surface area contributed by atoms with Gasteiger partial charge in [0.15, 0.2) is 0 Å². The first-order valence-corrected chi connectivity index (χ1v) is 11.2. The van der Waals surface area contributed by atoms with Crippen molar-refractivity contribution in [2.75, 3.05) is 26.2 Å². The number of piperazine rings is 1. The van der Waals surface area contributed by atoms with E-state index in [1.807, 2.05) is 17.0 Å². The number of hydrogen-bond acceptors (Lipinski definition) is 6. The van der Waals surface area contributed by atoms with Crippen molar-refractivity contribution in [1.82, 2.24) is 25.3 Å². The molecule has 8 nitrogen and oxygen atoms in total. The normalized spacial score (nSPS) is 18.8. The van der Waals surface area contributed by atoms with E-state index < -0.39 is 6.04 Å². The van der Waals surface area contributed by atoms with Gasteiger partial charge < -0.3 is 14.7 Å². The Hall–Kier alpha value is -2.74. The number of nitrogens with one attached hydrogen (secondary N) is 1. The third-order valence-corrected chi connectivity index (χ3v) is 6.21. The molecule has 2 amide bonds. The molecule has 1 aliphatic carbocycles. The van der Waals surface area contributed by atoms with Gasteiger partial charge in [0.2, 0.25) is 23.5 Å². The smallest absolute Gasteiger partial charge is 0.244 e. The average molecular weight is 426 g/mol. The topological polar surface area (TPSA) is 91.6 Å². The van der Waals surface area contributed by atoms with Gasteiger partial charge in [-0.15, -0.1) is 0 Å². The Kier molecular flexibility index (Phi) is 6.65. The summed E-state index contributed by atoms with van der Waals surface area (Å²) in [6.45, 7) is 6.91. The van der Waals surface area contributed by atoms with Crippen LogP contribution in [0.15, 0.2) is 28.8 Å². The Morgan fingerprint density at radius 3 is 2.65 bits per heavy atom. The zero-order valence-electron chi connectivity index (χ0n) is 18.3. The lowest BCUT2D eigenvalue weighted by molar-refractivity contribution is -0.137. The highest BCUT2D eigenvalue weighted by atomic mass is 16.5. The molecule has 8 heteroatoms. The lowest BCUT2D eigenvalue weighted by atomic mass is 10.1. The predicted molar refractivity (Wildman–Crippen MR) is 116 cm³/mol. The van der Waals surface area contributed by atoms with E-state index in [1.54, 1.807) is 6.92 Å². The fraction of sp³-hybridized carbons (Fsp3) is 0.565. The highest BCUT2D eigenvalue weighted by molar-refractivity contribution is 5.86. The number of aromatic nitrogens is 2. The zero-order chi connectivity index (χ0) is 21.8. The molecule has 166 valence electrons. The molecule has 2 fully saturated rings. The van der Waals surface area contributed by atoms with Crippen LogP contribution < -0.4 is 5.32 Å². The van der Waals surface area contributed by atoms with E-state index in [1.165, 1.54) is 25.3 Å². The molecular formula is C23H31N5O3. The van der Waals surface area contributed by atoms with Crippen LogP contribution in [-0.2, 0) is 16.1 Å².